The molecule has 0 saturated heterocycles. The van der Waals surface area contributed by atoms with E-state index >= 15 is 0 Å². The van der Waals surface area contributed by atoms with Crippen molar-refractivity contribution in [2.75, 3.05) is 13.1 Å². The van der Waals surface area contributed by atoms with Crippen LogP contribution in [0.3, 0.4) is 0 Å². The van der Waals surface area contributed by atoms with Gasteiger partial charge in [0.05, 0.1) is 0 Å². The maximum absolute atomic E-state index is 3.76. The number of rotatable bonds is 3. The molecule has 0 spiro atoms. The van der Waals surface area contributed by atoms with Gasteiger partial charge in [-0.3, -0.25) is 0 Å². The Morgan fingerprint density at radius 3 is 1.56 bits per heavy atom. The zero-order valence-electron chi connectivity index (χ0n) is 6.43. The Bertz CT molecular complexity index is 50.9. The molecule has 2 heteroatoms. The summed E-state index contributed by atoms with van der Waals surface area (Å²) in [6, 6.07) is 0.588. The molecule has 0 aromatic rings. The third-order valence-electron chi connectivity index (χ3n) is 1.30. The van der Waals surface area contributed by atoms with Gasteiger partial charge in [-0.2, -0.15) is 0 Å². The van der Waals surface area contributed by atoms with Crippen LogP contribution in [0.5, 0.6) is 0 Å². The van der Waals surface area contributed by atoms with E-state index in [-0.39, 0.29) is 32.7 Å². The maximum atomic E-state index is 3.76. The van der Waals surface area contributed by atoms with Crippen LogP contribution in [0.25, 0.3) is 0 Å². The fourth-order valence-electron chi connectivity index (χ4n) is 0.628. The van der Waals surface area contributed by atoms with E-state index in [0.717, 1.165) is 13.1 Å². The average Bonchev–Trinajstić information content (AvgIpc) is 1.69. The molecule has 0 unspecified atom stereocenters. The topological polar surface area (TPSA) is 3.24 Å². The molecular weight excluding hydrogens is 187 g/mol. The summed E-state index contributed by atoms with van der Waals surface area (Å²) >= 11 is 0. The summed E-state index contributed by atoms with van der Waals surface area (Å²) in [7, 11) is 0. The first kappa shape index (κ1) is 12.7. The zero-order chi connectivity index (χ0) is 6.57. The first-order chi connectivity index (χ1) is 3.72. The quantitative estimate of drug-likeness (QED) is 0.624. The van der Waals surface area contributed by atoms with Crippen LogP contribution < -0.4 is 0 Å². The fourth-order valence-corrected chi connectivity index (χ4v) is 0.628. The summed E-state index contributed by atoms with van der Waals surface area (Å²) in [5.41, 5.74) is 0. The largest absolute Gasteiger partial charge is 0.360 e. The van der Waals surface area contributed by atoms with Gasteiger partial charge in [0.2, 0.25) is 0 Å². The minimum absolute atomic E-state index is 0. The Morgan fingerprint density at radius 2 is 1.56 bits per heavy atom. The summed E-state index contributed by atoms with van der Waals surface area (Å²) in [5, 5.41) is 0. The molecule has 0 aliphatic rings. The third-order valence-corrected chi connectivity index (χ3v) is 1.30. The Hall–Kier alpha value is 1.06. The van der Waals surface area contributed by atoms with Gasteiger partial charge < -0.3 is 18.7 Å². The second-order valence-electron chi connectivity index (χ2n) is 2.13. The fraction of sp³-hybridized carbons (Fsp3) is 0.714. The van der Waals surface area contributed by atoms with E-state index in [1.54, 1.807) is 0 Å². The maximum Gasteiger partial charge on any atom is 0 e. The Balaban J connectivity index is 0. The normalized spacial score (nSPS) is 10.0. The van der Waals surface area contributed by atoms with Gasteiger partial charge in [-0.15, -0.1) is 13.1 Å². The molecule has 0 amide bonds. The summed E-state index contributed by atoms with van der Waals surface area (Å²) in [6.45, 7) is 13.6. The third kappa shape index (κ3) is 5.51. The van der Waals surface area contributed by atoms with Gasteiger partial charge in [0.25, 0.3) is 0 Å². The average molecular weight is 202 g/mol. The smallest absolute Gasteiger partial charge is 0 e. The van der Waals surface area contributed by atoms with Crippen LogP contribution in [0.4, 0.5) is 0 Å². The summed E-state index contributed by atoms with van der Waals surface area (Å²) in [5.74, 6) is 0. The van der Waals surface area contributed by atoms with Crippen LogP contribution in [0, 0.1) is 13.8 Å². The van der Waals surface area contributed by atoms with Crippen molar-refractivity contribution in [1.29, 1.82) is 0 Å². The van der Waals surface area contributed by atoms with Crippen LogP contribution in [0.2, 0.25) is 0 Å². The molecule has 0 bridgehead atoms. The van der Waals surface area contributed by atoms with Gasteiger partial charge in [0.1, 0.15) is 0 Å². The molecule has 0 aromatic carbocycles. The molecule has 0 N–H and O–H groups in total. The Kier molecular flexibility index (Phi) is 10.1. The molecule has 0 fully saturated rings. The van der Waals surface area contributed by atoms with Crippen molar-refractivity contribution in [3.8, 4) is 0 Å². The standard InChI is InChI=1S/C7H15N.Y/c1-5-8(6-2)7(3)4;/h7H,1-2,5-6H2,3-4H3;/q-2;. The molecule has 0 aliphatic heterocycles. The van der Waals surface area contributed by atoms with E-state index in [1.165, 1.54) is 0 Å². The molecule has 0 saturated carbocycles. The first-order valence-corrected chi connectivity index (χ1v) is 3.05. The molecule has 0 rings (SSSR count). The second-order valence-corrected chi connectivity index (χ2v) is 2.13. The molecule has 1 nitrogen and oxygen atoms in total. The van der Waals surface area contributed by atoms with E-state index in [1.807, 2.05) is 0 Å². The van der Waals surface area contributed by atoms with E-state index in [9.17, 15) is 0 Å². The van der Waals surface area contributed by atoms with Crippen molar-refractivity contribution in [3.63, 3.8) is 0 Å². The monoisotopic (exact) mass is 202 g/mol. The summed E-state index contributed by atoms with van der Waals surface area (Å²) in [6.07, 6.45) is 0. The van der Waals surface area contributed by atoms with Gasteiger partial charge in [0.15, 0.2) is 0 Å². The van der Waals surface area contributed by atoms with E-state index in [4.69, 9.17) is 0 Å². The summed E-state index contributed by atoms with van der Waals surface area (Å²) < 4.78 is 0. The van der Waals surface area contributed by atoms with E-state index in [0.29, 0.717) is 6.04 Å². The predicted octanol–water partition coefficient (Wildman–Crippen LogP) is 1.36. The van der Waals surface area contributed by atoms with Gasteiger partial charge >= 0.3 is 0 Å². The van der Waals surface area contributed by atoms with Gasteiger partial charge in [-0.05, 0) is 6.04 Å². The second kappa shape index (κ2) is 7.17. The molecule has 0 heterocycles. The number of nitrogens with zero attached hydrogens (tertiary/aromatic N) is 1. The molecule has 9 heavy (non-hydrogen) atoms. The van der Waals surface area contributed by atoms with E-state index < -0.39 is 0 Å². The number of hydrogen-bond acceptors (Lipinski definition) is 1. The predicted molar refractivity (Wildman–Crippen MR) is 37.4 cm³/mol. The first-order valence-electron chi connectivity index (χ1n) is 3.05. The van der Waals surface area contributed by atoms with Crippen molar-refractivity contribution in [1.82, 2.24) is 4.90 Å². The van der Waals surface area contributed by atoms with E-state index in [2.05, 4.69) is 32.6 Å². The van der Waals surface area contributed by atoms with Gasteiger partial charge in [0, 0.05) is 32.7 Å². The van der Waals surface area contributed by atoms with Crippen molar-refractivity contribution in [2.24, 2.45) is 0 Å². The minimum Gasteiger partial charge on any atom is -0.360 e. The molecular formula is C7H15NY-2. The van der Waals surface area contributed by atoms with Gasteiger partial charge in [-0.25, -0.2) is 0 Å². The summed E-state index contributed by atoms with van der Waals surface area (Å²) in [4.78, 5) is 2.19. The van der Waals surface area contributed by atoms with Crippen molar-refractivity contribution in [3.05, 3.63) is 13.8 Å². The zero-order valence-corrected chi connectivity index (χ0v) is 9.27. The van der Waals surface area contributed by atoms with Crippen LogP contribution in [-0.4, -0.2) is 24.0 Å². The number of hydrogen-bond donors (Lipinski definition) is 0. The SMILES string of the molecule is [CH2-]CN(C[CH2-])C(C)C.[Y]. The molecule has 0 aromatic heterocycles. The van der Waals surface area contributed by atoms with Gasteiger partial charge in [-0.1, -0.05) is 13.8 Å². The van der Waals surface area contributed by atoms with Crippen molar-refractivity contribution >= 4 is 0 Å². The molecule has 0 aliphatic carbocycles. The van der Waals surface area contributed by atoms with Crippen LogP contribution in [0.1, 0.15) is 13.8 Å². The Morgan fingerprint density at radius 1 is 1.22 bits per heavy atom. The van der Waals surface area contributed by atoms with Crippen LogP contribution in [0.15, 0.2) is 0 Å². The molecule has 0 atom stereocenters. The van der Waals surface area contributed by atoms with Crippen molar-refractivity contribution in [2.45, 2.75) is 19.9 Å². The van der Waals surface area contributed by atoms with Crippen LogP contribution in [-0.2, 0) is 32.7 Å². The minimum atomic E-state index is 0. The van der Waals surface area contributed by atoms with Crippen LogP contribution >= 0.6 is 0 Å². The Labute approximate surface area is 84.1 Å². The van der Waals surface area contributed by atoms with Crippen molar-refractivity contribution < 1.29 is 32.7 Å². The molecule has 53 valence electrons. The molecule has 1 radical (unpaired) electrons.